The summed E-state index contributed by atoms with van der Waals surface area (Å²) < 4.78 is 0. The maximum absolute atomic E-state index is 9.65. The highest BCUT2D eigenvalue weighted by atomic mass is 14.9. The summed E-state index contributed by atoms with van der Waals surface area (Å²) in [5, 5.41) is 14.2. The maximum Gasteiger partial charge on any atom is 0.116 e. The molecule has 0 unspecified atom stereocenters. The average Bonchev–Trinajstić information content (AvgIpc) is 3.10. The Morgan fingerprint density at radius 3 is 1.77 bits per heavy atom. The Hall–Kier alpha value is -6.18. The van der Waals surface area contributed by atoms with Crippen LogP contribution < -0.4 is 0 Å². The van der Waals surface area contributed by atoms with Crippen LogP contribution in [0.2, 0.25) is 0 Å². The first-order valence-electron chi connectivity index (χ1n) is 14.3. The first kappa shape index (κ1) is 26.7. The van der Waals surface area contributed by atoms with Crippen molar-refractivity contribution in [2.75, 3.05) is 0 Å². The van der Waals surface area contributed by atoms with Crippen molar-refractivity contribution in [1.82, 2.24) is 15.0 Å². The smallest absolute Gasteiger partial charge is 0.116 e. The summed E-state index contributed by atoms with van der Waals surface area (Å²) in [6.45, 7) is 7.95. The van der Waals surface area contributed by atoms with Gasteiger partial charge < -0.3 is 0 Å². The second-order valence-corrected chi connectivity index (χ2v) is 10.5. The van der Waals surface area contributed by atoms with Gasteiger partial charge in [0.2, 0.25) is 0 Å². The van der Waals surface area contributed by atoms with Gasteiger partial charge in [-0.2, -0.15) is 5.26 Å². The van der Waals surface area contributed by atoms with Gasteiger partial charge in [0.15, 0.2) is 0 Å². The molecular weight excluding hydrogens is 536 g/mol. The van der Waals surface area contributed by atoms with Crippen molar-refractivity contribution in [3.63, 3.8) is 0 Å². The molecule has 0 N–H and O–H groups in total. The minimum atomic E-state index is 0.539. The molecule has 0 aliphatic rings. The zero-order valence-corrected chi connectivity index (χ0v) is 23.9. The number of hydrogen-bond acceptors (Lipinski definition) is 4. The molecule has 44 heavy (non-hydrogen) atoms. The van der Waals surface area contributed by atoms with E-state index in [1.54, 1.807) is 18.2 Å². The molecule has 4 heteroatoms. The maximum atomic E-state index is 9.65. The first-order chi connectivity index (χ1) is 21.7. The third kappa shape index (κ3) is 4.73. The van der Waals surface area contributed by atoms with E-state index < -0.39 is 0 Å². The molecule has 0 aliphatic heterocycles. The van der Waals surface area contributed by atoms with E-state index in [1.807, 2.05) is 24.3 Å². The van der Waals surface area contributed by atoms with Crippen LogP contribution in [0.4, 0.5) is 0 Å². The molecule has 0 atom stereocenters. The first-order valence-corrected chi connectivity index (χ1v) is 14.3. The van der Waals surface area contributed by atoms with E-state index in [0.29, 0.717) is 34.0 Å². The highest BCUT2D eigenvalue weighted by Gasteiger charge is 2.19. The van der Waals surface area contributed by atoms with Gasteiger partial charge >= 0.3 is 0 Å². The van der Waals surface area contributed by atoms with E-state index in [0.717, 1.165) is 49.5 Å². The van der Waals surface area contributed by atoms with Gasteiger partial charge in [0.1, 0.15) is 5.69 Å². The average molecular weight is 563 g/mol. The van der Waals surface area contributed by atoms with Crippen molar-refractivity contribution >= 4 is 33.7 Å². The molecule has 0 aliphatic carbocycles. The standard InChI is InChI=1S/C40H26N4/c1-3-35-36(4-2)44-40(39(43-35)29-17-9-12-26(22-29)25-41)38-24-30(33-20-10-15-27-13-5-7-18-31(27)33)23-37(42-38)34-21-11-16-28-14-6-8-19-32(28)34/h3-24H,1-2H2. The lowest BCUT2D eigenvalue weighted by Gasteiger charge is -2.16. The fourth-order valence-corrected chi connectivity index (χ4v) is 5.75. The van der Waals surface area contributed by atoms with Crippen LogP contribution in [0.5, 0.6) is 0 Å². The van der Waals surface area contributed by atoms with Crippen LogP contribution in [0.25, 0.3) is 78.7 Å². The zero-order valence-electron chi connectivity index (χ0n) is 23.9. The lowest BCUT2D eigenvalue weighted by Crippen LogP contribution is -2.02. The van der Waals surface area contributed by atoms with E-state index >= 15 is 0 Å². The lowest BCUT2D eigenvalue weighted by molar-refractivity contribution is 1.15. The van der Waals surface area contributed by atoms with Gasteiger partial charge in [-0.25, -0.2) is 15.0 Å². The predicted octanol–water partition coefficient (Wildman–Crippen LogP) is 10.0. The Balaban J connectivity index is 1.57. The number of pyridine rings is 1. The summed E-state index contributed by atoms with van der Waals surface area (Å²) >= 11 is 0. The van der Waals surface area contributed by atoms with Crippen LogP contribution in [-0.4, -0.2) is 15.0 Å². The number of nitriles is 1. The van der Waals surface area contributed by atoms with Gasteiger partial charge in [-0.3, -0.25) is 0 Å². The SMILES string of the molecule is C=Cc1nc(-c2cccc(C#N)c2)c(-c2cc(-c3cccc4ccccc34)cc(-c3cccc4ccccc34)n2)nc1C=C. The molecule has 206 valence electrons. The molecule has 0 saturated heterocycles. The molecule has 4 nitrogen and oxygen atoms in total. The van der Waals surface area contributed by atoms with Crippen LogP contribution in [-0.2, 0) is 0 Å². The van der Waals surface area contributed by atoms with Crippen molar-refractivity contribution in [3.05, 3.63) is 151 Å². The third-order valence-electron chi connectivity index (χ3n) is 7.84. The summed E-state index contributed by atoms with van der Waals surface area (Å²) in [6, 6.07) is 43.3. The van der Waals surface area contributed by atoms with Gasteiger partial charge in [-0.15, -0.1) is 0 Å². The fraction of sp³-hybridized carbons (Fsp3) is 0. The zero-order chi connectivity index (χ0) is 30.0. The topological polar surface area (TPSA) is 62.5 Å². The Bertz CT molecular complexity index is 2180. The molecule has 2 aromatic heterocycles. The number of nitrogens with zero attached hydrogens (tertiary/aromatic N) is 4. The van der Waals surface area contributed by atoms with E-state index in [1.165, 1.54) is 0 Å². The quantitative estimate of drug-likeness (QED) is 0.202. The molecule has 7 rings (SSSR count). The number of benzene rings is 5. The van der Waals surface area contributed by atoms with Gasteiger partial charge in [-0.05, 0) is 69.1 Å². The van der Waals surface area contributed by atoms with Crippen molar-refractivity contribution in [2.24, 2.45) is 0 Å². The third-order valence-corrected chi connectivity index (χ3v) is 7.84. The van der Waals surface area contributed by atoms with Crippen molar-refractivity contribution in [2.45, 2.75) is 0 Å². The van der Waals surface area contributed by atoms with E-state index in [-0.39, 0.29) is 0 Å². The van der Waals surface area contributed by atoms with Gasteiger partial charge in [0.05, 0.1) is 40.1 Å². The van der Waals surface area contributed by atoms with E-state index in [2.05, 4.69) is 110 Å². The Morgan fingerprint density at radius 2 is 1.09 bits per heavy atom. The Kier molecular flexibility index (Phi) is 6.82. The van der Waals surface area contributed by atoms with Gasteiger partial charge in [0, 0.05) is 11.1 Å². The molecule has 0 amide bonds. The summed E-state index contributed by atoms with van der Waals surface area (Å²) in [6.07, 6.45) is 3.36. The molecule has 0 spiro atoms. The van der Waals surface area contributed by atoms with Gasteiger partial charge in [-0.1, -0.05) is 110 Å². The van der Waals surface area contributed by atoms with Crippen LogP contribution >= 0.6 is 0 Å². The fourth-order valence-electron chi connectivity index (χ4n) is 5.75. The predicted molar refractivity (Wildman–Crippen MR) is 181 cm³/mol. The molecular formula is C40H26N4. The molecule has 7 aromatic rings. The molecule has 5 aromatic carbocycles. The van der Waals surface area contributed by atoms with Crippen molar-refractivity contribution in [3.8, 4) is 51.1 Å². The number of rotatable bonds is 6. The van der Waals surface area contributed by atoms with Crippen molar-refractivity contribution < 1.29 is 0 Å². The molecule has 0 saturated carbocycles. The summed E-state index contributed by atoms with van der Waals surface area (Å²) in [5.74, 6) is 0. The highest BCUT2D eigenvalue weighted by molar-refractivity contribution is 6.00. The molecule has 2 heterocycles. The summed E-state index contributed by atoms with van der Waals surface area (Å²) in [7, 11) is 0. The minimum Gasteiger partial charge on any atom is -0.246 e. The van der Waals surface area contributed by atoms with Crippen LogP contribution in [0.15, 0.2) is 134 Å². The second-order valence-electron chi connectivity index (χ2n) is 10.5. The number of hydrogen-bond donors (Lipinski definition) is 0. The monoisotopic (exact) mass is 562 g/mol. The Morgan fingerprint density at radius 1 is 0.523 bits per heavy atom. The largest absolute Gasteiger partial charge is 0.246 e. The van der Waals surface area contributed by atoms with E-state index in [9.17, 15) is 5.26 Å². The molecule has 0 fully saturated rings. The molecule has 0 bridgehead atoms. The van der Waals surface area contributed by atoms with Crippen LogP contribution in [0, 0.1) is 11.3 Å². The summed E-state index contributed by atoms with van der Waals surface area (Å²) in [5.41, 5.74) is 8.39. The summed E-state index contributed by atoms with van der Waals surface area (Å²) in [4.78, 5) is 15.3. The van der Waals surface area contributed by atoms with Crippen LogP contribution in [0.3, 0.4) is 0 Å². The second kappa shape index (κ2) is 11.2. The van der Waals surface area contributed by atoms with Crippen LogP contribution in [0.1, 0.15) is 17.0 Å². The van der Waals surface area contributed by atoms with Gasteiger partial charge in [0.25, 0.3) is 0 Å². The lowest BCUT2D eigenvalue weighted by atomic mass is 9.94. The normalized spacial score (nSPS) is 10.9. The van der Waals surface area contributed by atoms with Crippen molar-refractivity contribution in [1.29, 1.82) is 5.26 Å². The highest BCUT2D eigenvalue weighted by Crippen LogP contribution is 2.38. The minimum absolute atomic E-state index is 0.539. The Labute approximate surface area is 256 Å². The van der Waals surface area contributed by atoms with E-state index in [4.69, 9.17) is 15.0 Å². The number of aromatic nitrogens is 3. The molecule has 0 radical (unpaired) electrons. The number of fused-ring (bicyclic) bond motifs is 2.